The number of aromatic amines is 1. The van der Waals surface area contributed by atoms with Gasteiger partial charge in [0.05, 0.1) is 0 Å². The quantitative estimate of drug-likeness (QED) is 0.227. The van der Waals surface area contributed by atoms with Gasteiger partial charge in [0.25, 0.3) is 0 Å². The van der Waals surface area contributed by atoms with E-state index in [1.54, 1.807) is 5.57 Å². The highest BCUT2D eigenvalue weighted by molar-refractivity contribution is 5.85. The summed E-state index contributed by atoms with van der Waals surface area (Å²) in [6, 6.07) is 10.5. The van der Waals surface area contributed by atoms with Crippen LogP contribution in [0.25, 0.3) is 10.9 Å². The number of allylic oxidation sites excluding steroid dienone is 2. The number of nitrogens with one attached hydrogen (secondary N) is 1. The molecule has 200 valence electrons. The summed E-state index contributed by atoms with van der Waals surface area (Å²) >= 11 is 0. The van der Waals surface area contributed by atoms with Crippen LogP contribution in [0.15, 0.2) is 48.2 Å². The largest absolute Gasteiger partial charge is 0.504 e. The Hall–Kier alpha value is -2.68. The van der Waals surface area contributed by atoms with Crippen molar-refractivity contribution in [3.05, 3.63) is 70.4 Å². The van der Waals surface area contributed by atoms with E-state index in [4.69, 9.17) is 0 Å². The molecule has 0 radical (unpaired) electrons. The van der Waals surface area contributed by atoms with E-state index < -0.39 is 0 Å². The number of phenols is 2. The van der Waals surface area contributed by atoms with Crippen molar-refractivity contribution in [3.63, 3.8) is 0 Å². The van der Waals surface area contributed by atoms with Crippen molar-refractivity contribution in [1.29, 1.82) is 0 Å². The molecular formula is C35H43NO2. The van der Waals surface area contributed by atoms with E-state index in [1.807, 2.05) is 13.0 Å². The third kappa shape index (κ3) is 3.08. The molecule has 3 heteroatoms. The van der Waals surface area contributed by atoms with Gasteiger partial charge >= 0.3 is 0 Å². The Morgan fingerprint density at radius 2 is 1.74 bits per heavy atom. The van der Waals surface area contributed by atoms with E-state index in [9.17, 15) is 10.2 Å². The molecule has 1 aromatic heterocycles. The first kappa shape index (κ1) is 24.4. The van der Waals surface area contributed by atoms with Crippen molar-refractivity contribution in [2.24, 2.45) is 28.6 Å². The first-order valence-corrected chi connectivity index (χ1v) is 14.9. The van der Waals surface area contributed by atoms with Crippen LogP contribution in [-0.4, -0.2) is 15.2 Å². The highest BCUT2D eigenvalue weighted by atomic mass is 16.3. The highest BCUT2D eigenvalue weighted by Gasteiger charge is 2.60. The summed E-state index contributed by atoms with van der Waals surface area (Å²) in [5.74, 6) is 2.42. The number of phenolic OH excluding ortho intramolecular Hbond substituents is 2. The molecule has 7 unspecified atom stereocenters. The zero-order valence-electron chi connectivity index (χ0n) is 23.7. The number of aromatic hydroxyl groups is 2. The van der Waals surface area contributed by atoms with Gasteiger partial charge in [0.1, 0.15) is 0 Å². The Morgan fingerprint density at radius 3 is 2.55 bits per heavy atom. The number of H-pyrrole nitrogens is 1. The summed E-state index contributed by atoms with van der Waals surface area (Å²) in [5, 5.41) is 23.0. The molecule has 0 aliphatic heterocycles. The van der Waals surface area contributed by atoms with Gasteiger partial charge in [0.2, 0.25) is 0 Å². The standard InChI is InChI=1S/C35H43NO2/c1-20-10-12-33(3)14-15-35(5)25(26(33)16-20)11-13-34(4)27-18-29(37)32(38)21(2)31(27)23(17-30(34)35)24-19-36-28-9-7-6-8-22(24)28/h6-9,17-20,23,25-26,36-38H,10-16H2,1-5H3. The average Bonchev–Trinajstić information content (AvgIpc) is 3.32. The van der Waals surface area contributed by atoms with Crippen LogP contribution in [-0.2, 0) is 5.41 Å². The number of hydrogen-bond donors (Lipinski definition) is 3. The van der Waals surface area contributed by atoms with E-state index in [0.717, 1.165) is 29.3 Å². The van der Waals surface area contributed by atoms with Gasteiger partial charge in [-0.2, -0.15) is 0 Å². The topological polar surface area (TPSA) is 56.2 Å². The van der Waals surface area contributed by atoms with Crippen molar-refractivity contribution >= 4 is 10.9 Å². The second-order valence-electron chi connectivity index (χ2n) is 14.2. The third-order valence-corrected chi connectivity index (χ3v) is 12.2. The van der Waals surface area contributed by atoms with Gasteiger partial charge < -0.3 is 15.2 Å². The SMILES string of the molecule is Cc1c(O)c(O)cc2c1C(c1c[nH]c3ccccc13)C=C1C2(C)CCC2C3CC(C)CCC3(C)CCC12C. The van der Waals surface area contributed by atoms with Crippen molar-refractivity contribution in [2.75, 3.05) is 0 Å². The molecule has 3 fully saturated rings. The molecule has 0 bridgehead atoms. The number of hydrogen-bond acceptors (Lipinski definition) is 2. The number of benzene rings is 2. The number of fused-ring (bicyclic) bond motifs is 8. The maximum absolute atomic E-state index is 10.9. The summed E-state index contributed by atoms with van der Waals surface area (Å²) in [7, 11) is 0. The fourth-order valence-electron chi connectivity index (χ4n) is 9.96. The highest BCUT2D eigenvalue weighted by Crippen LogP contribution is 2.69. The first-order valence-electron chi connectivity index (χ1n) is 14.9. The Kier molecular flexibility index (Phi) is 5.08. The van der Waals surface area contributed by atoms with Gasteiger partial charge in [-0.05, 0) is 108 Å². The molecule has 0 saturated heterocycles. The number of para-hydroxylation sites is 1. The van der Waals surface area contributed by atoms with Gasteiger partial charge in [-0.25, -0.2) is 0 Å². The molecule has 3 saturated carbocycles. The molecule has 1 heterocycles. The van der Waals surface area contributed by atoms with Crippen molar-refractivity contribution in [3.8, 4) is 11.5 Å². The predicted octanol–water partition coefficient (Wildman–Crippen LogP) is 8.87. The molecule has 2 aromatic carbocycles. The maximum atomic E-state index is 10.9. The van der Waals surface area contributed by atoms with Gasteiger partial charge in [-0.3, -0.25) is 0 Å². The summed E-state index contributed by atoms with van der Waals surface area (Å²) in [5.41, 5.74) is 7.73. The Morgan fingerprint density at radius 1 is 0.947 bits per heavy atom. The van der Waals surface area contributed by atoms with E-state index in [-0.39, 0.29) is 28.2 Å². The van der Waals surface area contributed by atoms with Crippen LogP contribution in [0.1, 0.15) is 101 Å². The van der Waals surface area contributed by atoms with Crippen molar-refractivity contribution in [1.82, 2.24) is 4.98 Å². The maximum Gasteiger partial charge on any atom is 0.160 e. The summed E-state index contributed by atoms with van der Waals surface area (Å²) in [6.45, 7) is 12.1. The Labute approximate surface area is 227 Å². The van der Waals surface area contributed by atoms with Crippen molar-refractivity contribution in [2.45, 2.75) is 90.9 Å². The zero-order chi connectivity index (χ0) is 26.6. The minimum atomic E-state index is -0.132. The molecule has 3 nitrogen and oxygen atoms in total. The second kappa shape index (κ2) is 7.93. The van der Waals surface area contributed by atoms with Crippen LogP contribution >= 0.6 is 0 Å². The molecular weight excluding hydrogens is 466 g/mol. The molecule has 0 amide bonds. The normalized spacial score (nSPS) is 38.1. The molecule has 7 atom stereocenters. The van der Waals surface area contributed by atoms with E-state index >= 15 is 0 Å². The summed E-state index contributed by atoms with van der Waals surface area (Å²) in [4.78, 5) is 3.51. The third-order valence-electron chi connectivity index (χ3n) is 12.2. The molecule has 3 N–H and O–H groups in total. The Balaban J connectivity index is 1.46. The van der Waals surface area contributed by atoms with Crippen LogP contribution in [0.5, 0.6) is 11.5 Å². The van der Waals surface area contributed by atoms with Gasteiger partial charge in [0, 0.05) is 28.4 Å². The lowest BCUT2D eigenvalue weighted by Gasteiger charge is -2.64. The van der Waals surface area contributed by atoms with Gasteiger partial charge in [0.15, 0.2) is 11.5 Å². The van der Waals surface area contributed by atoms with Gasteiger partial charge in [-0.15, -0.1) is 0 Å². The second-order valence-corrected chi connectivity index (χ2v) is 14.2. The lowest BCUT2D eigenvalue weighted by Crippen LogP contribution is -2.56. The molecule has 7 rings (SSSR count). The molecule has 38 heavy (non-hydrogen) atoms. The van der Waals surface area contributed by atoms with Crippen LogP contribution in [0.2, 0.25) is 0 Å². The van der Waals surface area contributed by atoms with Gasteiger partial charge in [-0.1, -0.05) is 64.0 Å². The number of aromatic nitrogens is 1. The smallest absolute Gasteiger partial charge is 0.160 e. The molecule has 4 aliphatic carbocycles. The van der Waals surface area contributed by atoms with E-state index in [2.05, 4.69) is 69.2 Å². The Bertz CT molecular complexity index is 1480. The molecule has 0 spiro atoms. The van der Waals surface area contributed by atoms with Crippen LogP contribution in [0.3, 0.4) is 0 Å². The fourth-order valence-corrected chi connectivity index (χ4v) is 9.96. The van der Waals surface area contributed by atoms with Crippen molar-refractivity contribution < 1.29 is 10.2 Å². The van der Waals surface area contributed by atoms with E-state index in [1.165, 1.54) is 60.6 Å². The number of rotatable bonds is 1. The van der Waals surface area contributed by atoms with E-state index in [0.29, 0.717) is 11.3 Å². The monoisotopic (exact) mass is 509 g/mol. The summed E-state index contributed by atoms with van der Waals surface area (Å²) in [6.07, 6.45) is 13.8. The minimum absolute atomic E-state index is 0.0194. The zero-order valence-corrected chi connectivity index (χ0v) is 23.7. The first-order chi connectivity index (χ1) is 18.1. The fraction of sp³-hybridized carbons (Fsp3) is 0.543. The summed E-state index contributed by atoms with van der Waals surface area (Å²) < 4.78 is 0. The van der Waals surface area contributed by atoms with Crippen LogP contribution < -0.4 is 0 Å². The van der Waals surface area contributed by atoms with Crippen LogP contribution in [0, 0.1) is 35.5 Å². The lowest BCUT2D eigenvalue weighted by atomic mass is 9.40. The average molecular weight is 510 g/mol. The minimum Gasteiger partial charge on any atom is -0.504 e. The molecule has 3 aromatic rings. The lowest BCUT2D eigenvalue weighted by molar-refractivity contribution is -0.0809. The van der Waals surface area contributed by atoms with Crippen LogP contribution in [0.4, 0.5) is 0 Å². The predicted molar refractivity (Wildman–Crippen MR) is 155 cm³/mol. The molecule has 4 aliphatic rings.